The molecule has 1 amide bonds. The van der Waals surface area contributed by atoms with Crippen molar-refractivity contribution in [2.24, 2.45) is 0 Å². The summed E-state index contributed by atoms with van der Waals surface area (Å²) in [5.41, 5.74) is 2.88. The Morgan fingerprint density at radius 3 is 2.83 bits per heavy atom. The number of nitrogens with one attached hydrogen (secondary N) is 1. The minimum absolute atomic E-state index is 0.126. The smallest absolute Gasteiger partial charge is 0.257 e. The molecule has 2 atom stereocenters. The van der Waals surface area contributed by atoms with Crippen LogP contribution in [0.4, 0.5) is 0 Å². The van der Waals surface area contributed by atoms with E-state index in [-0.39, 0.29) is 5.91 Å². The highest BCUT2D eigenvalue weighted by Gasteiger charge is 2.32. The van der Waals surface area contributed by atoms with Crippen molar-refractivity contribution in [1.29, 1.82) is 0 Å². The molecule has 5 heteroatoms. The molecule has 2 unspecified atom stereocenters. The van der Waals surface area contributed by atoms with Crippen LogP contribution in [-0.2, 0) is 6.54 Å². The molecular formula is C19H24N4O. The molecule has 2 aliphatic heterocycles. The summed E-state index contributed by atoms with van der Waals surface area (Å²) < 4.78 is 1.92. The molecule has 1 N–H and O–H groups in total. The second kappa shape index (κ2) is 6.40. The molecule has 1 aromatic carbocycles. The Labute approximate surface area is 142 Å². The van der Waals surface area contributed by atoms with Gasteiger partial charge >= 0.3 is 0 Å². The van der Waals surface area contributed by atoms with E-state index in [1.807, 2.05) is 34.7 Å². The van der Waals surface area contributed by atoms with Crippen molar-refractivity contribution in [3.63, 3.8) is 0 Å². The van der Waals surface area contributed by atoms with Crippen molar-refractivity contribution in [2.75, 3.05) is 13.1 Å². The van der Waals surface area contributed by atoms with Crippen molar-refractivity contribution in [3.05, 3.63) is 53.3 Å². The fourth-order valence-corrected chi connectivity index (χ4v) is 3.87. The van der Waals surface area contributed by atoms with Gasteiger partial charge in [-0.3, -0.25) is 9.48 Å². The maximum Gasteiger partial charge on any atom is 0.257 e. The summed E-state index contributed by atoms with van der Waals surface area (Å²) in [6, 6.07) is 11.3. The lowest BCUT2D eigenvalue weighted by atomic mass is 10.1. The molecule has 0 spiro atoms. The van der Waals surface area contributed by atoms with Crippen LogP contribution < -0.4 is 5.32 Å². The number of amides is 1. The second-order valence-electron chi connectivity index (χ2n) is 6.96. The van der Waals surface area contributed by atoms with Crippen molar-refractivity contribution >= 4 is 5.91 Å². The van der Waals surface area contributed by atoms with Crippen LogP contribution in [0.5, 0.6) is 0 Å². The largest absolute Gasteiger partial charge is 0.337 e. The van der Waals surface area contributed by atoms with E-state index in [1.165, 1.54) is 18.4 Å². The standard InChI is InChI=1S/C19H24N4O/c1-14-18(11-20-23(14)12-15-5-3-2-4-6-15)19(24)22-10-9-16-7-8-17(13-22)21-16/h2-6,11,16-17,21H,7-10,12-13H2,1H3. The summed E-state index contributed by atoms with van der Waals surface area (Å²) in [4.78, 5) is 15.0. The van der Waals surface area contributed by atoms with Gasteiger partial charge in [0.05, 0.1) is 18.3 Å². The van der Waals surface area contributed by atoms with Gasteiger partial charge in [0.25, 0.3) is 5.91 Å². The maximum absolute atomic E-state index is 13.0. The fourth-order valence-electron chi connectivity index (χ4n) is 3.87. The maximum atomic E-state index is 13.0. The van der Waals surface area contributed by atoms with E-state index in [4.69, 9.17) is 0 Å². The molecule has 0 radical (unpaired) electrons. The highest BCUT2D eigenvalue weighted by molar-refractivity contribution is 5.95. The van der Waals surface area contributed by atoms with Gasteiger partial charge in [-0.2, -0.15) is 5.10 Å². The molecule has 126 valence electrons. The summed E-state index contributed by atoms with van der Waals surface area (Å²) >= 11 is 0. The van der Waals surface area contributed by atoms with Crippen LogP contribution in [0, 0.1) is 6.92 Å². The van der Waals surface area contributed by atoms with E-state index < -0.39 is 0 Å². The number of rotatable bonds is 3. The van der Waals surface area contributed by atoms with E-state index in [9.17, 15) is 4.79 Å². The summed E-state index contributed by atoms with van der Waals surface area (Å²) in [7, 11) is 0. The number of benzene rings is 1. The Morgan fingerprint density at radius 2 is 2.00 bits per heavy atom. The minimum Gasteiger partial charge on any atom is -0.337 e. The number of hydrogen-bond acceptors (Lipinski definition) is 3. The van der Waals surface area contributed by atoms with E-state index in [1.54, 1.807) is 6.20 Å². The molecule has 2 fully saturated rings. The number of carbonyl (C=O) groups excluding carboxylic acids is 1. The van der Waals surface area contributed by atoms with Gasteiger partial charge < -0.3 is 10.2 Å². The van der Waals surface area contributed by atoms with E-state index in [2.05, 4.69) is 22.5 Å². The molecule has 2 aliphatic rings. The third-order valence-electron chi connectivity index (χ3n) is 5.32. The lowest BCUT2D eigenvalue weighted by Crippen LogP contribution is -2.39. The Bertz CT molecular complexity index is 724. The van der Waals surface area contributed by atoms with Gasteiger partial charge in [0.2, 0.25) is 0 Å². The van der Waals surface area contributed by atoms with Crippen LogP contribution >= 0.6 is 0 Å². The minimum atomic E-state index is 0.126. The van der Waals surface area contributed by atoms with Gasteiger partial charge in [-0.1, -0.05) is 30.3 Å². The number of nitrogens with zero attached hydrogens (tertiary/aromatic N) is 3. The highest BCUT2D eigenvalue weighted by Crippen LogP contribution is 2.22. The van der Waals surface area contributed by atoms with E-state index >= 15 is 0 Å². The highest BCUT2D eigenvalue weighted by atomic mass is 16.2. The van der Waals surface area contributed by atoms with Crippen LogP contribution in [0.25, 0.3) is 0 Å². The first-order valence-corrected chi connectivity index (χ1v) is 8.82. The molecule has 2 bridgehead atoms. The lowest BCUT2D eigenvalue weighted by molar-refractivity contribution is 0.0747. The zero-order valence-electron chi connectivity index (χ0n) is 14.1. The molecule has 5 nitrogen and oxygen atoms in total. The molecule has 1 aromatic heterocycles. The summed E-state index contributed by atoms with van der Waals surface area (Å²) in [5, 5.41) is 8.08. The van der Waals surface area contributed by atoms with Crippen LogP contribution in [0.3, 0.4) is 0 Å². The second-order valence-corrected chi connectivity index (χ2v) is 6.96. The van der Waals surface area contributed by atoms with E-state index in [0.717, 1.165) is 30.8 Å². The first-order valence-electron chi connectivity index (χ1n) is 8.82. The van der Waals surface area contributed by atoms with Crippen LogP contribution in [0.1, 0.15) is 40.9 Å². The van der Waals surface area contributed by atoms with Crippen LogP contribution in [0.2, 0.25) is 0 Å². The van der Waals surface area contributed by atoms with Gasteiger partial charge in [0.15, 0.2) is 0 Å². The molecule has 2 aromatic rings. The Morgan fingerprint density at radius 1 is 1.21 bits per heavy atom. The van der Waals surface area contributed by atoms with Crippen molar-refractivity contribution < 1.29 is 4.79 Å². The molecule has 2 saturated heterocycles. The van der Waals surface area contributed by atoms with Gasteiger partial charge in [-0.05, 0) is 31.7 Å². The Kier molecular flexibility index (Phi) is 4.10. The predicted octanol–water partition coefficient (Wildman–Crippen LogP) is 2.21. The molecule has 3 heterocycles. The molecule has 0 aliphatic carbocycles. The Hall–Kier alpha value is -2.14. The van der Waals surface area contributed by atoms with Gasteiger partial charge in [0, 0.05) is 30.9 Å². The monoisotopic (exact) mass is 324 g/mol. The van der Waals surface area contributed by atoms with Gasteiger partial charge in [-0.15, -0.1) is 0 Å². The van der Waals surface area contributed by atoms with Crippen molar-refractivity contribution in [2.45, 2.75) is 44.8 Å². The normalized spacial score (nSPS) is 23.3. The zero-order chi connectivity index (χ0) is 16.5. The number of likely N-dealkylation sites (tertiary alicyclic amines) is 1. The van der Waals surface area contributed by atoms with Crippen molar-refractivity contribution in [3.8, 4) is 0 Å². The van der Waals surface area contributed by atoms with Crippen LogP contribution in [-0.4, -0.2) is 45.8 Å². The topological polar surface area (TPSA) is 50.2 Å². The zero-order valence-corrected chi connectivity index (χ0v) is 14.1. The lowest BCUT2D eigenvalue weighted by Gasteiger charge is -2.24. The predicted molar refractivity (Wildman–Crippen MR) is 93.0 cm³/mol. The quantitative estimate of drug-likeness (QED) is 0.942. The average molecular weight is 324 g/mol. The molecule has 4 rings (SSSR count). The number of aromatic nitrogens is 2. The first kappa shape index (κ1) is 15.4. The number of fused-ring (bicyclic) bond motifs is 2. The molecule has 24 heavy (non-hydrogen) atoms. The average Bonchev–Trinajstić information content (AvgIpc) is 3.11. The number of hydrogen-bond donors (Lipinski definition) is 1. The summed E-state index contributed by atoms with van der Waals surface area (Å²) in [6.45, 7) is 4.35. The SMILES string of the molecule is Cc1c(C(=O)N2CCC3CCC(C2)N3)cnn1Cc1ccccc1. The van der Waals surface area contributed by atoms with Gasteiger partial charge in [0.1, 0.15) is 0 Å². The number of carbonyl (C=O) groups is 1. The third-order valence-corrected chi connectivity index (χ3v) is 5.32. The Balaban J connectivity index is 1.51. The summed E-state index contributed by atoms with van der Waals surface area (Å²) in [5.74, 6) is 0.126. The van der Waals surface area contributed by atoms with Crippen LogP contribution in [0.15, 0.2) is 36.5 Å². The van der Waals surface area contributed by atoms with Gasteiger partial charge in [-0.25, -0.2) is 0 Å². The third kappa shape index (κ3) is 2.96. The van der Waals surface area contributed by atoms with E-state index in [0.29, 0.717) is 18.6 Å². The van der Waals surface area contributed by atoms with Crippen molar-refractivity contribution in [1.82, 2.24) is 20.0 Å². The molecule has 0 saturated carbocycles. The molecular weight excluding hydrogens is 300 g/mol. The summed E-state index contributed by atoms with van der Waals surface area (Å²) in [6.07, 6.45) is 5.22. The first-order chi connectivity index (χ1) is 11.7. The fraction of sp³-hybridized carbons (Fsp3) is 0.474.